The van der Waals surface area contributed by atoms with E-state index in [9.17, 15) is 5.11 Å². The van der Waals surface area contributed by atoms with E-state index in [1.54, 1.807) is 0 Å². The van der Waals surface area contributed by atoms with E-state index in [0.717, 1.165) is 22.2 Å². The van der Waals surface area contributed by atoms with E-state index >= 15 is 0 Å². The first-order valence-corrected chi connectivity index (χ1v) is 6.85. The largest absolute Gasteiger partial charge is 0.487 e. The highest BCUT2D eigenvalue weighted by molar-refractivity contribution is 9.10. The second-order valence-electron chi connectivity index (χ2n) is 5.55. The van der Waals surface area contributed by atoms with Crippen LogP contribution < -0.4 is 4.74 Å². The normalized spacial score (nSPS) is 27.8. The Bertz CT molecular complexity index is 417. The van der Waals surface area contributed by atoms with Gasteiger partial charge in [-0.25, -0.2) is 0 Å². The van der Waals surface area contributed by atoms with Crippen molar-refractivity contribution in [1.29, 1.82) is 0 Å². The van der Waals surface area contributed by atoms with Crippen LogP contribution in [0.15, 0.2) is 22.7 Å². The van der Waals surface area contributed by atoms with Crippen molar-refractivity contribution < 1.29 is 9.84 Å². The lowest BCUT2D eigenvalue weighted by molar-refractivity contribution is -0.0144. The Balaban J connectivity index is 2.30. The summed E-state index contributed by atoms with van der Waals surface area (Å²) in [5, 5.41) is 10.2. The molecule has 0 saturated heterocycles. The van der Waals surface area contributed by atoms with E-state index in [-0.39, 0.29) is 5.60 Å². The number of aliphatic hydroxyl groups excluding tert-OH is 1. The van der Waals surface area contributed by atoms with Crippen LogP contribution in [0.25, 0.3) is 0 Å². The molecule has 0 fully saturated rings. The highest BCUT2D eigenvalue weighted by Gasteiger charge is 2.36. The Morgan fingerprint density at radius 3 is 2.88 bits per heavy atom. The van der Waals surface area contributed by atoms with E-state index in [2.05, 4.69) is 36.7 Å². The Hall–Kier alpha value is -0.540. The number of hydrogen-bond acceptors (Lipinski definition) is 2. The molecular formula is C14H19BrO2. The molecule has 94 valence electrons. The summed E-state index contributed by atoms with van der Waals surface area (Å²) >= 11 is 3.42. The van der Waals surface area contributed by atoms with Crippen LogP contribution >= 0.6 is 15.9 Å². The molecule has 1 heterocycles. The number of halogens is 1. The van der Waals surface area contributed by atoms with Crippen LogP contribution in [0, 0.1) is 5.92 Å². The average Bonchev–Trinajstić information content (AvgIpc) is 2.17. The van der Waals surface area contributed by atoms with Crippen LogP contribution in [0.5, 0.6) is 5.75 Å². The van der Waals surface area contributed by atoms with Crippen LogP contribution in [0.1, 0.15) is 45.3 Å². The minimum absolute atomic E-state index is 0.256. The summed E-state index contributed by atoms with van der Waals surface area (Å²) in [4.78, 5) is 0. The molecule has 0 spiro atoms. The van der Waals surface area contributed by atoms with Gasteiger partial charge in [-0.2, -0.15) is 0 Å². The van der Waals surface area contributed by atoms with Crippen LogP contribution in [0.2, 0.25) is 0 Å². The van der Waals surface area contributed by atoms with Crippen molar-refractivity contribution in [2.24, 2.45) is 5.92 Å². The molecule has 0 saturated carbocycles. The second-order valence-corrected chi connectivity index (χ2v) is 6.47. The molecule has 2 rings (SSSR count). The van der Waals surface area contributed by atoms with Gasteiger partial charge in [0.05, 0.1) is 6.10 Å². The van der Waals surface area contributed by atoms with Gasteiger partial charge >= 0.3 is 0 Å². The lowest BCUT2D eigenvalue weighted by Crippen LogP contribution is -2.39. The Morgan fingerprint density at radius 1 is 1.53 bits per heavy atom. The maximum Gasteiger partial charge on any atom is 0.126 e. The molecule has 17 heavy (non-hydrogen) atoms. The van der Waals surface area contributed by atoms with Crippen LogP contribution in [-0.2, 0) is 0 Å². The lowest BCUT2D eigenvalue weighted by atomic mass is 9.84. The molecule has 0 aliphatic carbocycles. The average molecular weight is 299 g/mol. The van der Waals surface area contributed by atoms with Gasteiger partial charge < -0.3 is 9.84 Å². The monoisotopic (exact) mass is 298 g/mol. The minimum Gasteiger partial charge on any atom is -0.487 e. The molecule has 1 aliphatic heterocycles. The van der Waals surface area contributed by atoms with Crippen molar-refractivity contribution in [2.75, 3.05) is 0 Å². The maximum atomic E-state index is 10.2. The van der Waals surface area contributed by atoms with Gasteiger partial charge in [0.25, 0.3) is 0 Å². The molecule has 1 unspecified atom stereocenters. The third kappa shape index (κ3) is 2.83. The molecule has 0 radical (unpaired) electrons. The first-order valence-electron chi connectivity index (χ1n) is 6.06. The molecule has 0 aromatic heterocycles. The highest BCUT2D eigenvalue weighted by atomic mass is 79.9. The molecule has 1 aromatic rings. The van der Waals surface area contributed by atoms with E-state index in [0.29, 0.717) is 12.3 Å². The van der Waals surface area contributed by atoms with Gasteiger partial charge in [0, 0.05) is 16.5 Å². The van der Waals surface area contributed by atoms with Gasteiger partial charge in [-0.1, -0.05) is 29.8 Å². The van der Waals surface area contributed by atoms with E-state index in [1.165, 1.54) is 0 Å². The topological polar surface area (TPSA) is 29.5 Å². The zero-order chi connectivity index (χ0) is 12.6. The fraction of sp³-hybridized carbons (Fsp3) is 0.571. The quantitative estimate of drug-likeness (QED) is 0.892. The molecule has 1 aromatic carbocycles. The van der Waals surface area contributed by atoms with E-state index < -0.39 is 6.10 Å². The highest BCUT2D eigenvalue weighted by Crippen LogP contribution is 2.42. The number of aliphatic hydroxyl groups is 1. The van der Waals surface area contributed by atoms with Crippen molar-refractivity contribution in [1.82, 2.24) is 0 Å². The molecule has 0 bridgehead atoms. The van der Waals surface area contributed by atoms with Crippen LogP contribution in [0.4, 0.5) is 0 Å². The Morgan fingerprint density at radius 2 is 2.24 bits per heavy atom. The number of fused-ring (bicyclic) bond motifs is 1. The number of hydrogen-bond donors (Lipinski definition) is 1. The van der Waals surface area contributed by atoms with Gasteiger partial charge in [0.1, 0.15) is 11.4 Å². The molecule has 0 amide bonds. The molecular weight excluding hydrogens is 280 g/mol. The van der Waals surface area contributed by atoms with Crippen molar-refractivity contribution >= 4 is 15.9 Å². The zero-order valence-electron chi connectivity index (χ0n) is 10.5. The smallest absolute Gasteiger partial charge is 0.126 e. The van der Waals surface area contributed by atoms with Crippen molar-refractivity contribution in [3.8, 4) is 5.75 Å². The Kier molecular flexibility index (Phi) is 3.50. The first-order chi connectivity index (χ1) is 7.89. The van der Waals surface area contributed by atoms with E-state index in [1.807, 2.05) is 18.2 Å². The van der Waals surface area contributed by atoms with Gasteiger partial charge in [0.15, 0.2) is 0 Å². The Labute approximate surface area is 111 Å². The van der Waals surface area contributed by atoms with Gasteiger partial charge in [0.2, 0.25) is 0 Å². The summed E-state index contributed by atoms with van der Waals surface area (Å²) in [5.74, 6) is 1.37. The summed E-state index contributed by atoms with van der Waals surface area (Å²) in [7, 11) is 0. The fourth-order valence-corrected chi connectivity index (χ4v) is 3.07. The zero-order valence-corrected chi connectivity index (χ0v) is 12.1. The van der Waals surface area contributed by atoms with Crippen LogP contribution in [0.3, 0.4) is 0 Å². The first kappa shape index (κ1) is 12.9. The predicted molar refractivity (Wildman–Crippen MR) is 72.2 cm³/mol. The molecule has 1 N–H and O–H groups in total. The number of ether oxygens (including phenoxy) is 1. The number of rotatable bonds is 2. The SMILES string of the molecule is CC(C)CC1(C)C[C@@H](O)c2cc(Br)ccc2O1. The summed E-state index contributed by atoms with van der Waals surface area (Å²) < 4.78 is 7.05. The van der Waals surface area contributed by atoms with E-state index in [4.69, 9.17) is 4.74 Å². The summed E-state index contributed by atoms with van der Waals surface area (Å²) in [6.07, 6.45) is 1.19. The fourth-order valence-electron chi connectivity index (χ4n) is 2.69. The maximum absolute atomic E-state index is 10.2. The predicted octanol–water partition coefficient (Wildman–Crippen LogP) is 4.07. The van der Waals surface area contributed by atoms with Crippen molar-refractivity contribution in [3.05, 3.63) is 28.2 Å². The van der Waals surface area contributed by atoms with Gasteiger partial charge in [-0.05, 0) is 37.5 Å². The lowest BCUT2D eigenvalue weighted by Gasteiger charge is -2.39. The van der Waals surface area contributed by atoms with Crippen molar-refractivity contribution in [3.63, 3.8) is 0 Å². The number of benzene rings is 1. The second kappa shape index (κ2) is 4.62. The van der Waals surface area contributed by atoms with Gasteiger partial charge in [-0.15, -0.1) is 0 Å². The minimum atomic E-state index is -0.431. The summed E-state index contributed by atoms with van der Waals surface area (Å²) in [6.45, 7) is 6.44. The molecule has 2 nitrogen and oxygen atoms in total. The third-order valence-corrected chi connectivity index (χ3v) is 3.65. The van der Waals surface area contributed by atoms with Crippen LogP contribution in [-0.4, -0.2) is 10.7 Å². The molecule has 1 aliphatic rings. The summed E-state index contributed by atoms with van der Waals surface area (Å²) in [6, 6.07) is 5.82. The van der Waals surface area contributed by atoms with Crippen molar-refractivity contribution in [2.45, 2.75) is 45.3 Å². The van der Waals surface area contributed by atoms with Gasteiger partial charge in [-0.3, -0.25) is 0 Å². The molecule has 2 atom stereocenters. The molecule has 3 heteroatoms. The summed E-state index contributed by atoms with van der Waals surface area (Å²) in [5.41, 5.74) is 0.634. The third-order valence-electron chi connectivity index (χ3n) is 3.15. The standard InChI is InChI=1S/C14H19BrO2/c1-9(2)7-14(3)8-12(16)11-6-10(15)4-5-13(11)17-14/h4-6,9,12,16H,7-8H2,1-3H3/t12-,14?/m1/s1.